The van der Waals surface area contributed by atoms with Gasteiger partial charge in [0.1, 0.15) is 0 Å². The monoisotopic (exact) mass is 231 g/mol. The van der Waals surface area contributed by atoms with Gasteiger partial charge in [-0.2, -0.15) is 0 Å². The second kappa shape index (κ2) is 8.93. The van der Waals surface area contributed by atoms with Crippen LogP contribution in [0, 0.1) is 0 Å². The average Bonchev–Trinajstić information content (AvgIpc) is 2.49. The number of rotatable bonds is 7. The van der Waals surface area contributed by atoms with E-state index in [1.165, 1.54) is 19.3 Å². The first kappa shape index (κ1) is 13.9. The molecule has 1 aliphatic rings. The van der Waals surface area contributed by atoms with Crippen molar-refractivity contribution in [3.8, 4) is 0 Å². The van der Waals surface area contributed by atoms with E-state index >= 15 is 0 Å². The minimum Gasteiger partial charge on any atom is -0.382 e. The maximum atomic E-state index is 6.06. The lowest BCUT2D eigenvalue weighted by atomic mass is 10.1. The van der Waals surface area contributed by atoms with E-state index < -0.39 is 0 Å². The zero-order valence-corrected chi connectivity index (χ0v) is 10.3. The molecule has 1 rings (SSSR count). The summed E-state index contributed by atoms with van der Waals surface area (Å²) < 4.78 is 16.0. The predicted molar refractivity (Wildman–Crippen MR) is 63.5 cm³/mol. The molecule has 0 spiro atoms. The lowest BCUT2D eigenvalue weighted by Crippen LogP contribution is -2.36. The first-order valence-electron chi connectivity index (χ1n) is 6.28. The van der Waals surface area contributed by atoms with Crippen LogP contribution in [0.3, 0.4) is 0 Å². The van der Waals surface area contributed by atoms with Crippen LogP contribution in [0.5, 0.6) is 0 Å². The van der Waals surface area contributed by atoms with Crippen molar-refractivity contribution in [2.75, 3.05) is 33.5 Å². The average molecular weight is 231 g/mol. The van der Waals surface area contributed by atoms with Crippen LogP contribution in [0.4, 0.5) is 0 Å². The van der Waals surface area contributed by atoms with E-state index in [1.54, 1.807) is 7.11 Å². The lowest BCUT2D eigenvalue weighted by Gasteiger charge is -2.21. The molecular formula is C12H25NO3. The highest BCUT2D eigenvalue weighted by Gasteiger charge is 2.20. The van der Waals surface area contributed by atoms with Gasteiger partial charge in [0.2, 0.25) is 0 Å². The number of ether oxygens (including phenoxy) is 3. The topological polar surface area (TPSA) is 53.7 Å². The Hall–Kier alpha value is -0.160. The van der Waals surface area contributed by atoms with Crippen LogP contribution in [-0.2, 0) is 14.2 Å². The summed E-state index contributed by atoms with van der Waals surface area (Å²) in [6.45, 7) is 2.55. The van der Waals surface area contributed by atoms with Crippen molar-refractivity contribution >= 4 is 0 Å². The number of nitrogens with two attached hydrogens (primary N) is 1. The molecule has 4 nitrogen and oxygen atoms in total. The van der Waals surface area contributed by atoms with Gasteiger partial charge in [-0.3, -0.25) is 0 Å². The summed E-state index contributed by atoms with van der Waals surface area (Å²) in [5.41, 5.74) is 6.06. The van der Waals surface area contributed by atoms with Crippen molar-refractivity contribution in [1.29, 1.82) is 0 Å². The molecule has 96 valence electrons. The van der Waals surface area contributed by atoms with E-state index in [1.807, 2.05) is 0 Å². The van der Waals surface area contributed by atoms with E-state index in [0.29, 0.717) is 26.4 Å². The molecule has 2 N–H and O–H groups in total. The Morgan fingerprint density at radius 1 is 1.00 bits per heavy atom. The first-order chi connectivity index (χ1) is 7.84. The zero-order valence-electron chi connectivity index (χ0n) is 10.3. The SMILES string of the molecule is COCCOCCOC1CCCCCC1N. The Morgan fingerprint density at radius 2 is 1.75 bits per heavy atom. The quantitative estimate of drug-likeness (QED) is 0.530. The molecule has 1 aliphatic carbocycles. The van der Waals surface area contributed by atoms with Gasteiger partial charge >= 0.3 is 0 Å². The third kappa shape index (κ3) is 5.80. The summed E-state index contributed by atoms with van der Waals surface area (Å²) in [5.74, 6) is 0. The Morgan fingerprint density at radius 3 is 2.56 bits per heavy atom. The van der Waals surface area contributed by atoms with Gasteiger partial charge < -0.3 is 19.9 Å². The molecule has 1 saturated carbocycles. The molecule has 1 fully saturated rings. The second-order valence-corrected chi connectivity index (χ2v) is 4.32. The van der Waals surface area contributed by atoms with Crippen molar-refractivity contribution in [2.45, 2.75) is 44.2 Å². The van der Waals surface area contributed by atoms with Crippen molar-refractivity contribution in [3.05, 3.63) is 0 Å². The number of hydrogen-bond acceptors (Lipinski definition) is 4. The van der Waals surface area contributed by atoms with E-state index in [9.17, 15) is 0 Å². The highest BCUT2D eigenvalue weighted by atomic mass is 16.5. The molecule has 2 unspecified atom stereocenters. The molecule has 0 aromatic carbocycles. The van der Waals surface area contributed by atoms with Crippen LogP contribution in [0.15, 0.2) is 0 Å². The van der Waals surface area contributed by atoms with Crippen molar-refractivity contribution in [3.63, 3.8) is 0 Å². The maximum Gasteiger partial charge on any atom is 0.0727 e. The Balaban J connectivity index is 2.01. The molecule has 0 heterocycles. The minimum atomic E-state index is 0.210. The van der Waals surface area contributed by atoms with Crippen LogP contribution in [0.1, 0.15) is 32.1 Å². The second-order valence-electron chi connectivity index (χ2n) is 4.32. The summed E-state index contributed by atoms with van der Waals surface area (Å²) in [4.78, 5) is 0. The third-order valence-electron chi connectivity index (χ3n) is 3.00. The van der Waals surface area contributed by atoms with Crippen molar-refractivity contribution < 1.29 is 14.2 Å². The molecule has 16 heavy (non-hydrogen) atoms. The largest absolute Gasteiger partial charge is 0.382 e. The van der Waals surface area contributed by atoms with E-state index in [4.69, 9.17) is 19.9 Å². The summed E-state index contributed by atoms with van der Waals surface area (Å²) in [6, 6.07) is 0.210. The number of methoxy groups -OCH3 is 1. The summed E-state index contributed by atoms with van der Waals surface area (Å²) >= 11 is 0. The molecule has 0 radical (unpaired) electrons. The van der Waals surface area contributed by atoms with Crippen LogP contribution < -0.4 is 5.73 Å². The van der Waals surface area contributed by atoms with Crippen molar-refractivity contribution in [2.24, 2.45) is 5.73 Å². The van der Waals surface area contributed by atoms with Crippen LogP contribution in [0.2, 0.25) is 0 Å². The van der Waals surface area contributed by atoms with Crippen LogP contribution in [0.25, 0.3) is 0 Å². The minimum absolute atomic E-state index is 0.210. The molecule has 0 aromatic heterocycles. The van der Waals surface area contributed by atoms with Gasteiger partial charge in [-0.25, -0.2) is 0 Å². The molecular weight excluding hydrogens is 206 g/mol. The summed E-state index contributed by atoms with van der Waals surface area (Å²) in [6.07, 6.45) is 6.19. The number of hydrogen-bond donors (Lipinski definition) is 1. The van der Waals surface area contributed by atoms with Crippen LogP contribution >= 0.6 is 0 Å². The van der Waals surface area contributed by atoms with Crippen LogP contribution in [-0.4, -0.2) is 45.7 Å². The standard InChI is InChI=1S/C12H25NO3/c1-14-7-8-15-9-10-16-12-6-4-2-3-5-11(12)13/h11-12H,2-10,13H2,1H3. The Labute approximate surface area is 98.4 Å². The van der Waals surface area contributed by atoms with Gasteiger partial charge in [-0.05, 0) is 12.8 Å². The summed E-state index contributed by atoms with van der Waals surface area (Å²) in [7, 11) is 1.67. The van der Waals surface area contributed by atoms with E-state index in [0.717, 1.165) is 12.8 Å². The highest BCUT2D eigenvalue weighted by Crippen LogP contribution is 2.18. The fourth-order valence-corrected chi connectivity index (χ4v) is 2.01. The zero-order chi connectivity index (χ0) is 11.6. The van der Waals surface area contributed by atoms with Gasteiger partial charge in [-0.1, -0.05) is 19.3 Å². The lowest BCUT2D eigenvalue weighted by molar-refractivity contribution is -0.0170. The predicted octanol–water partition coefficient (Wildman–Crippen LogP) is 1.33. The fraction of sp³-hybridized carbons (Fsp3) is 1.00. The van der Waals surface area contributed by atoms with E-state index in [-0.39, 0.29) is 12.1 Å². The maximum absolute atomic E-state index is 6.06. The highest BCUT2D eigenvalue weighted by molar-refractivity contribution is 4.76. The van der Waals surface area contributed by atoms with Gasteiger partial charge in [-0.15, -0.1) is 0 Å². The van der Waals surface area contributed by atoms with E-state index in [2.05, 4.69) is 0 Å². The van der Waals surface area contributed by atoms with Crippen molar-refractivity contribution in [1.82, 2.24) is 0 Å². The van der Waals surface area contributed by atoms with Gasteiger partial charge in [0.25, 0.3) is 0 Å². The molecule has 0 aliphatic heterocycles. The first-order valence-corrected chi connectivity index (χ1v) is 6.28. The Bertz CT molecular complexity index is 166. The smallest absolute Gasteiger partial charge is 0.0727 e. The molecule has 0 aromatic rings. The summed E-state index contributed by atoms with van der Waals surface area (Å²) in [5, 5.41) is 0. The van der Waals surface area contributed by atoms with Gasteiger partial charge in [0.05, 0.1) is 32.5 Å². The molecule has 4 heteroatoms. The molecule has 0 amide bonds. The molecule has 2 atom stereocenters. The Kier molecular flexibility index (Phi) is 7.76. The molecule has 0 bridgehead atoms. The van der Waals surface area contributed by atoms with Gasteiger partial charge in [0.15, 0.2) is 0 Å². The van der Waals surface area contributed by atoms with Gasteiger partial charge in [0, 0.05) is 13.2 Å². The fourth-order valence-electron chi connectivity index (χ4n) is 2.01. The third-order valence-corrected chi connectivity index (χ3v) is 3.00. The molecule has 0 saturated heterocycles. The normalized spacial score (nSPS) is 26.6.